The largest absolute Gasteiger partial charge is 0.465 e. The van der Waals surface area contributed by atoms with Gasteiger partial charge in [0.15, 0.2) is 5.78 Å². The lowest BCUT2D eigenvalue weighted by molar-refractivity contribution is -0.132. The van der Waals surface area contributed by atoms with E-state index in [1.54, 1.807) is 19.9 Å². The van der Waals surface area contributed by atoms with Crippen LogP contribution in [0.4, 0.5) is 0 Å². The molecular weight excluding hydrogens is 268 g/mol. The maximum atomic E-state index is 11.8. The molecule has 0 aromatic carbocycles. The molecule has 0 aromatic rings. The molecule has 0 fully saturated rings. The first-order valence-corrected chi connectivity index (χ1v) is 7.48. The second-order valence-corrected chi connectivity index (χ2v) is 5.10. The van der Waals surface area contributed by atoms with E-state index in [4.69, 9.17) is 4.74 Å². The number of aliphatic hydroxyl groups is 1. The van der Waals surface area contributed by atoms with Gasteiger partial charge in [-0.15, -0.1) is 5.92 Å². The van der Waals surface area contributed by atoms with Gasteiger partial charge >= 0.3 is 0 Å². The Bertz CT molecular complexity index is 389. The van der Waals surface area contributed by atoms with Gasteiger partial charge < -0.3 is 9.84 Å². The average Bonchev–Trinajstić information content (AvgIpc) is 2.46. The van der Waals surface area contributed by atoms with Gasteiger partial charge in [0.1, 0.15) is 12.2 Å². The van der Waals surface area contributed by atoms with Crippen LogP contribution in [0.5, 0.6) is 0 Å². The monoisotopic (exact) mass is 294 g/mol. The van der Waals surface area contributed by atoms with Crippen LogP contribution >= 0.6 is 0 Å². The Balaban J connectivity index is 4.17. The van der Waals surface area contributed by atoms with Crippen molar-refractivity contribution in [3.63, 3.8) is 0 Å². The molecule has 1 N–H and O–H groups in total. The zero-order valence-corrected chi connectivity index (χ0v) is 13.2. The van der Waals surface area contributed by atoms with E-state index in [0.29, 0.717) is 12.9 Å². The summed E-state index contributed by atoms with van der Waals surface area (Å²) in [6.45, 7) is 5.91. The summed E-state index contributed by atoms with van der Waals surface area (Å²) in [5.74, 6) is 4.90. The summed E-state index contributed by atoms with van der Waals surface area (Å²) in [7, 11) is 0. The first-order valence-electron chi connectivity index (χ1n) is 7.48. The summed E-state index contributed by atoms with van der Waals surface area (Å²) in [6.07, 6.45) is 6.37. The zero-order chi connectivity index (χ0) is 16.1. The summed E-state index contributed by atoms with van der Waals surface area (Å²) >= 11 is 0. The van der Waals surface area contributed by atoms with Crippen molar-refractivity contribution in [2.75, 3.05) is 0 Å². The van der Waals surface area contributed by atoms with Crippen LogP contribution in [0.15, 0.2) is 12.2 Å². The Labute approximate surface area is 127 Å². The van der Waals surface area contributed by atoms with Crippen LogP contribution in [0.1, 0.15) is 52.9 Å². The molecule has 0 radical (unpaired) electrons. The van der Waals surface area contributed by atoms with Gasteiger partial charge in [-0.3, -0.25) is 9.59 Å². The van der Waals surface area contributed by atoms with E-state index in [0.717, 1.165) is 25.7 Å². The van der Waals surface area contributed by atoms with Gasteiger partial charge in [0.05, 0.1) is 5.92 Å². The van der Waals surface area contributed by atoms with Crippen LogP contribution in [0, 0.1) is 17.8 Å². The first kappa shape index (κ1) is 19.4. The lowest BCUT2D eigenvalue weighted by Gasteiger charge is -2.10. The number of allylic oxidation sites excluding steroid dienone is 1. The van der Waals surface area contributed by atoms with Gasteiger partial charge in [0, 0.05) is 12.8 Å². The second kappa shape index (κ2) is 12.2. The van der Waals surface area contributed by atoms with Crippen molar-refractivity contribution in [3.8, 4) is 11.8 Å². The molecule has 0 spiro atoms. The molecule has 3 atom stereocenters. The second-order valence-electron chi connectivity index (χ2n) is 5.10. The molecule has 0 saturated heterocycles. The number of carbonyl (C=O) groups excluding carboxylic acids is 2. The molecule has 0 unspecified atom stereocenters. The third-order valence-corrected chi connectivity index (χ3v) is 3.12. The highest BCUT2D eigenvalue weighted by Gasteiger charge is 2.17. The van der Waals surface area contributed by atoms with Crippen molar-refractivity contribution >= 4 is 12.3 Å². The number of rotatable bonds is 10. The number of carbonyl (C=O) groups is 2. The quantitative estimate of drug-likeness (QED) is 0.291. The molecular formula is C17H26O4. The van der Waals surface area contributed by atoms with Crippen LogP contribution in [0.2, 0.25) is 0 Å². The SMILES string of the molecule is CCCCCC#C[C@H](O)[C@H](C)C(=O)/C=C/C[C@@H](C)OC=O. The normalized spacial score (nSPS) is 14.9. The number of hydrogen-bond donors (Lipinski definition) is 1. The molecule has 0 aliphatic rings. The van der Waals surface area contributed by atoms with Crippen molar-refractivity contribution in [2.45, 2.75) is 65.1 Å². The van der Waals surface area contributed by atoms with E-state index in [9.17, 15) is 14.7 Å². The predicted octanol–water partition coefficient (Wildman–Crippen LogP) is 2.64. The van der Waals surface area contributed by atoms with Gasteiger partial charge in [-0.05, 0) is 19.4 Å². The highest BCUT2D eigenvalue weighted by atomic mass is 16.5. The highest BCUT2D eigenvalue weighted by molar-refractivity contribution is 5.92. The molecule has 4 nitrogen and oxygen atoms in total. The van der Waals surface area contributed by atoms with Crippen molar-refractivity contribution in [1.29, 1.82) is 0 Å². The molecule has 0 aromatic heterocycles. The van der Waals surface area contributed by atoms with Gasteiger partial charge in [-0.1, -0.05) is 38.7 Å². The smallest absolute Gasteiger partial charge is 0.293 e. The van der Waals surface area contributed by atoms with Gasteiger partial charge in [0.2, 0.25) is 0 Å². The minimum Gasteiger partial charge on any atom is -0.465 e. The standard InChI is InChI=1S/C17H26O4/c1-4-5-6-7-8-11-16(19)15(3)17(20)12-9-10-14(2)21-13-18/h9,12-16,19H,4-7,10H2,1-3H3/b12-9+/t14-,15+,16+/m1/s1. The van der Waals surface area contributed by atoms with E-state index < -0.39 is 12.0 Å². The van der Waals surface area contributed by atoms with Crippen LogP contribution in [0.25, 0.3) is 0 Å². The molecule has 0 rings (SSSR count). The van der Waals surface area contributed by atoms with E-state index in [2.05, 4.69) is 18.8 Å². The van der Waals surface area contributed by atoms with E-state index in [1.165, 1.54) is 6.08 Å². The molecule has 0 bridgehead atoms. The fourth-order valence-electron chi connectivity index (χ4n) is 1.60. The highest BCUT2D eigenvalue weighted by Crippen LogP contribution is 2.07. The maximum absolute atomic E-state index is 11.8. The topological polar surface area (TPSA) is 63.6 Å². The number of aliphatic hydroxyl groups excluding tert-OH is 1. The number of ketones is 1. The summed E-state index contributed by atoms with van der Waals surface area (Å²) in [6, 6.07) is 0. The molecule has 21 heavy (non-hydrogen) atoms. The van der Waals surface area contributed by atoms with Crippen molar-refractivity contribution in [3.05, 3.63) is 12.2 Å². The van der Waals surface area contributed by atoms with Crippen molar-refractivity contribution in [2.24, 2.45) is 5.92 Å². The third kappa shape index (κ3) is 9.86. The summed E-state index contributed by atoms with van der Waals surface area (Å²) in [5, 5.41) is 9.84. The van der Waals surface area contributed by atoms with Crippen LogP contribution < -0.4 is 0 Å². The molecule has 118 valence electrons. The van der Waals surface area contributed by atoms with E-state index in [-0.39, 0.29) is 11.9 Å². The lowest BCUT2D eigenvalue weighted by atomic mass is 9.99. The summed E-state index contributed by atoms with van der Waals surface area (Å²) in [4.78, 5) is 21.9. The number of unbranched alkanes of at least 4 members (excludes halogenated alkanes) is 3. The van der Waals surface area contributed by atoms with Gasteiger partial charge in [-0.2, -0.15) is 0 Å². The predicted molar refractivity (Wildman–Crippen MR) is 82.5 cm³/mol. The molecule has 0 saturated carbocycles. The summed E-state index contributed by atoms with van der Waals surface area (Å²) < 4.78 is 4.70. The molecule has 4 heteroatoms. The van der Waals surface area contributed by atoms with Crippen LogP contribution in [-0.2, 0) is 14.3 Å². The Kier molecular flexibility index (Phi) is 11.2. The Morgan fingerprint density at radius 3 is 2.67 bits per heavy atom. The molecule has 0 heterocycles. The van der Waals surface area contributed by atoms with Gasteiger partial charge in [-0.25, -0.2) is 0 Å². The maximum Gasteiger partial charge on any atom is 0.293 e. The number of ether oxygens (including phenoxy) is 1. The minimum atomic E-state index is -0.938. The Hall–Kier alpha value is -1.60. The molecule has 0 aliphatic carbocycles. The fourth-order valence-corrected chi connectivity index (χ4v) is 1.60. The lowest BCUT2D eigenvalue weighted by Crippen LogP contribution is -2.23. The van der Waals surface area contributed by atoms with Crippen LogP contribution in [0.3, 0.4) is 0 Å². The Morgan fingerprint density at radius 1 is 1.33 bits per heavy atom. The van der Waals surface area contributed by atoms with Gasteiger partial charge in [0.25, 0.3) is 6.47 Å². The average molecular weight is 294 g/mol. The van der Waals surface area contributed by atoms with E-state index in [1.807, 2.05) is 0 Å². The molecule has 0 amide bonds. The fraction of sp³-hybridized carbons (Fsp3) is 0.647. The Morgan fingerprint density at radius 2 is 2.05 bits per heavy atom. The zero-order valence-electron chi connectivity index (χ0n) is 13.2. The first-order chi connectivity index (χ1) is 10.0. The van der Waals surface area contributed by atoms with Crippen molar-refractivity contribution in [1.82, 2.24) is 0 Å². The third-order valence-electron chi connectivity index (χ3n) is 3.12. The van der Waals surface area contributed by atoms with Crippen LogP contribution in [-0.4, -0.2) is 29.6 Å². The molecule has 0 aliphatic heterocycles. The minimum absolute atomic E-state index is 0.177. The summed E-state index contributed by atoms with van der Waals surface area (Å²) in [5.41, 5.74) is 0. The number of hydrogen-bond acceptors (Lipinski definition) is 4. The van der Waals surface area contributed by atoms with Crippen molar-refractivity contribution < 1.29 is 19.4 Å². The van der Waals surface area contributed by atoms with E-state index >= 15 is 0 Å².